The molecular weight excluding hydrogens is 311 g/mol. The third-order valence-electron chi connectivity index (χ3n) is 2.81. The van der Waals surface area contributed by atoms with E-state index in [9.17, 15) is 4.79 Å². The Bertz CT molecular complexity index is 586. The van der Waals surface area contributed by atoms with Crippen molar-refractivity contribution >= 4 is 29.9 Å². The van der Waals surface area contributed by atoms with E-state index in [1.54, 1.807) is 29.1 Å². The van der Waals surface area contributed by atoms with Crippen molar-refractivity contribution in [3.8, 4) is 5.69 Å². The summed E-state index contributed by atoms with van der Waals surface area (Å²) in [4.78, 5) is 11.9. The summed E-state index contributed by atoms with van der Waals surface area (Å²) in [5.74, 6) is -0.178. The van der Waals surface area contributed by atoms with Crippen LogP contribution in [0.25, 0.3) is 5.69 Å². The summed E-state index contributed by atoms with van der Waals surface area (Å²) in [6.45, 7) is 1.25. The molecule has 1 aromatic heterocycles. The normalized spacial score (nSPS) is 10.0. The number of carbonyl (C=O) groups excluding carboxylic acids is 1. The van der Waals surface area contributed by atoms with Gasteiger partial charge in [0.2, 0.25) is 0 Å². The fourth-order valence-electron chi connectivity index (χ4n) is 1.77. The maximum absolute atomic E-state index is 11.9. The molecule has 1 heterocycles. The monoisotopic (exact) mass is 328 g/mol. The minimum Gasteiger partial charge on any atom is -0.351 e. The average molecular weight is 329 g/mol. The number of hydrogen-bond donors (Lipinski definition) is 2. The number of hydrogen-bond acceptors (Lipinski definition) is 3. The molecule has 0 fully saturated rings. The molecule has 0 saturated heterocycles. The molecule has 0 aliphatic rings. The predicted octanol–water partition coefficient (Wildman–Crippen LogP) is 2.42. The summed E-state index contributed by atoms with van der Waals surface area (Å²) >= 11 is 5.93. The van der Waals surface area contributed by atoms with Gasteiger partial charge in [0.25, 0.3) is 5.91 Å². The highest BCUT2D eigenvalue weighted by atomic mass is 35.5. The summed E-state index contributed by atoms with van der Waals surface area (Å²) in [7, 11) is 0. The lowest BCUT2D eigenvalue weighted by molar-refractivity contribution is 0.0947. The van der Waals surface area contributed by atoms with Crippen LogP contribution in [0.3, 0.4) is 0 Å². The van der Waals surface area contributed by atoms with E-state index >= 15 is 0 Å². The van der Waals surface area contributed by atoms with Gasteiger partial charge in [0, 0.05) is 17.8 Å². The van der Waals surface area contributed by atoms with Crippen molar-refractivity contribution < 1.29 is 4.79 Å². The van der Waals surface area contributed by atoms with Crippen LogP contribution in [0.4, 0.5) is 0 Å². The number of aromatic nitrogens is 2. The quantitative estimate of drug-likeness (QED) is 0.800. The second-order valence-electron chi connectivity index (χ2n) is 4.38. The zero-order chi connectivity index (χ0) is 14.4. The Hall–Kier alpha value is -1.56. The van der Waals surface area contributed by atoms with Crippen molar-refractivity contribution in [3.63, 3.8) is 0 Å². The van der Waals surface area contributed by atoms with E-state index in [1.807, 2.05) is 12.1 Å². The number of nitrogens with two attached hydrogens (primary N) is 1. The number of rotatable bonds is 6. The molecule has 21 heavy (non-hydrogen) atoms. The Balaban J connectivity index is 0.00000220. The first-order valence-electron chi connectivity index (χ1n) is 6.50. The third kappa shape index (κ3) is 5.04. The minimum atomic E-state index is -0.178. The van der Waals surface area contributed by atoms with E-state index in [0.29, 0.717) is 23.8 Å². The highest BCUT2D eigenvalue weighted by molar-refractivity contribution is 6.30. The highest BCUT2D eigenvalue weighted by Gasteiger charge is 2.09. The topological polar surface area (TPSA) is 72.9 Å². The Morgan fingerprint density at radius 1 is 1.33 bits per heavy atom. The first-order chi connectivity index (χ1) is 9.70. The summed E-state index contributed by atoms with van der Waals surface area (Å²) < 4.78 is 1.63. The Labute approximate surface area is 134 Å². The van der Waals surface area contributed by atoms with Crippen LogP contribution in [0.1, 0.15) is 23.3 Å². The molecule has 0 saturated carbocycles. The number of amides is 1. The van der Waals surface area contributed by atoms with Gasteiger partial charge in [-0.2, -0.15) is 5.10 Å². The summed E-state index contributed by atoms with van der Waals surface area (Å²) in [6, 6.07) is 8.98. The SMILES string of the molecule is Cl.NCCCCNC(=O)c1ccn(-c2cccc(Cl)c2)n1. The van der Waals surface area contributed by atoms with Crippen molar-refractivity contribution in [1.29, 1.82) is 0 Å². The van der Waals surface area contributed by atoms with Crippen LogP contribution in [-0.2, 0) is 0 Å². The molecule has 114 valence electrons. The largest absolute Gasteiger partial charge is 0.351 e. The van der Waals surface area contributed by atoms with E-state index < -0.39 is 0 Å². The molecule has 0 aliphatic carbocycles. The lowest BCUT2D eigenvalue weighted by Crippen LogP contribution is -2.25. The fourth-order valence-corrected chi connectivity index (χ4v) is 1.95. The molecule has 0 spiro atoms. The van der Waals surface area contributed by atoms with Crippen LogP contribution in [0.15, 0.2) is 36.5 Å². The molecule has 0 unspecified atom stereocenters. The van der Waals surface area contributed by atoms with Crippen molar-refractivity contribution in [3.05, 3.63) is 47.2 Å². The number of carbonyl (C=O) groups is 1. The molecule has 5 nitrogen and oxygen atoms in total. The molecule has 3 N–H and O–H groups in total. The number of halogens is 2. The third-order valence-corrected chi connectivity index (χ3v) is 3.05. The van der Waals surface area contributed by atoms with Gasteiger partial charge in [0.05, 0.1) is 5.69 Å². The van der Waals surface area contributed by atoms with Gasteiger partial charge >= 0.3 is 0 Å². The highest BCUT2D eigenvalue weighted by Crippen LogP contribution is 2.14. The second-order valence-corrected chi connectivity index (χ2v) is 4.81. The molecule has 2 rings (SSSR count). The number of benzene rings is 1. The predicted molar refractivity (Wildman–Crippen MR) is 86.4 cm³/mol. The molecule has 1 aromatic carbocycles. The maximum Gasteiger partial charge on any atom is 0.271 e. The van der Waals surface area contributed by atoms with Gasteiger partial charge in [-0.05, 0) is 43.7 Å². The molecule has 0 radical (unpaired) electrons. The van der Waals surface area contributed by atoms with E-state index in [2.05, 4.69) is 10.4 Å². The molecule has 7 heteroatoms. The van der Waals surface area contributed by atoms with E-state index in [-0.39, 0.29) is 18.3 Å². The summed E-state index contributed by atoms with van der Waals surface area (Å²) in [5.41, 5.74) is 6.60. The van der Waals surface area contributed by atoms with Crippen LogP contribution in [0, 0.1) is 0 Å². The second kappa shape index (κ2) is 8.67. The zero-order valence-corrected chi connectivity index (χ0v) is 13.0. The van der Waals surface area contributed by atoms with Gasteiger partial charge in [-0.15, -0.1) is 12.4 Å². The van der Waals surface area contributed by atoms with E-state index in [1.165, 1.54) is 0 Å². The molecule has 0 bridgehead atoms. The summed E-state index contributed by atoms with van der Waals surface area (Å²) in [5, 5.41) is 7.69. The lowest BCUT2D eigenvalue weighted by atomic mass is 10.3. The van der Waals surface area contributed by atoms with Crippen LogP contribution in [-0.4, -0.2) is 28.8 Å². The van der Waals surface area contributed by atoms with Crippen LogP contribution < -0.4 is 11.1 Å². The molecule has 1 amide bonds. The first-order valence-corrected chi connectivity index (χ1v) is 6.88. The van der Waals surface area contributed by atoms with Gasteiger partial charge in [0.1, 0.15) is 0 Å². The average Bonchev–Trinajstić information content (AvgIpc) is 2.93. The van der Waals surface area contributed by atoms with Crippen molar-refractivity contribution in [2.24, 2.45) is 5.73 Å². The number of unbranched alkanes of at least 4 members (excludes halogenated alkanes) is 1. The van der Waals surface area contributed by atoms with Crippen molar-refractivity contribution in [1.82, 2.24) is 15.1 Å². The van der Waals surface area contributed by atoms with Gasteiger partial charge in [-0.3, -0.25) is 4.79 Å². The van der Waals surface area contributed by atoms with Gasteiger partial charge in [-0.25, -0.2) is 4.68 Å². The summed E-state index contributed by atoms with van der Waals surface area (Å²) in [6.07, 6.45) is 3.51. The van der Waals surface area contributed by atoms with Crippen LogP contribution >= 0.6 is 24.0 Å². The maximum atomic E-state index is 11.9. The number of nitrogens with zero attached hydrogens (tertiary/aromatic N) is 2. The van der Waals surface area contributed by atoms with E-state index in [4.69, 9.17) is 17.3 Å². The molecule has 2 aromatic rings. The van der Waals surface area contributed by atoms with Crippen molar-refractivity contribution in [2.75, 3.05) is 13.1 Å². The van der Waals surface area contributed by atoms with Gasteiger partial charge in [0.15, 0.2) is 5.69 Å². The standard InChI is InChI=1S/C14H17ClN4O.ClH/c15-11-4-3-5-12(10-11)19-9-6-13(18-19)14(20)17-8-2-1-7-16;/h3-6,9-10H,1-2,7-8,16H2,(H,17,20);1H. The van der Waals surface area contributed by atoms with Crippen molar-refractivity contribution in [2.45, 2.75) is 12.8 Å². The Morgan fingerprint density at radius 3 is 2.86 bits per heavy atom. The first kappa shape index (κ1) is 17.5. The Morgan fingerprint density at radius 2 is 2.14 bits per heavy atom. The van der Waals surface area contributed by atoms with Crippen LogP contribution in [0.2, 0.25) is 5.02 Å². The van der Waals surface area contributed by atoms with Gasteiger partial charge < -0.3 is 11.1 Å². The molecule has 0 aliphatic heterocycles. The van der Waals surface area contributed by atoms with E-state index in [0.717, 1.165) is 18.5 Å². The van der Waals surface area contributed by atoms with Crippen LogP contribution in [0.5, 0.6) is 0 Å². The lowest BCUT2D eigenvalue weighted by Gasteiger charge is -2.03. The smallest absolute Gasteiger partial charge is 0.271 e. The number of nitrogens with one attached hydrogen (secondary N) is 1. The Kier molecular flexibility index (Phi) is 7.22. The zero-order valence-electron chi connectivity index (χ0n) is 11.5. The minimum absolute atomic E-state index is 0. The molecular formula is C14H18Cl2N4O. The fraction of sp³-hybridized carbons (Fsp3) is 0.286. The van der Waals surface area contributed by atoms with Gasteiger partial charge in [-0.1, -0.05) is 17.7 Å². The molecule has 0 atom stereocenters.